The van der Waals surface area contributed by atoms with E-state index < -0.39 is 0 Å². The number of likely N-dealkylation sites (N-methyl/N-ethyl adjacent to an activating group) is 1. The topological polar surface area (TPSA) is 48.3 Å². The summed E-state index contributed by atoms with van der Waals surface area (Å²) in [6, 6.07) is 7.32. The fourth-order valence-electron chi connectivity index (χ4n) is 1.33. The van der Waals surface area contributed by atoms with E-state index in [1.165, 1.54) is 0 Å². The summed E-state index contributed by atoms with van der Waals surface area (Å²) >= 11 is 5.93. The van der Waals surface area contributed by atoms with Crippen LogP contribution in [0.5, 0.6) is 0 Å². The number of benzene rings is 1. The zero-order chi connectivity index (χ0) is 13.4. The monoisotopic (exact) mass is 267 g/mol. The van der Waals surface area contributed by atoms with Gasteiger partial charge in [0.2, 0.25) is 0 Å². The van der Waals surface area contributed by atoms with E-state index in [9.17, 15) is 0 Å². The van der Waals surface area contributed by atoms with Gasteiger partial charge in [0, 0.05) is 18.8 Å². The van der Waals surface area contributed by atoms with Crippen molar-refractivity contribution >= 4 is 17.3 Å². The maximum Gasteiger partial charge on any atom is 0.101 e. The molecule has 0 aromatic heterocycles. The maximum absolute atomic E-state index is 8.75. The summed E-state index contributed by atoms with van der Waals surface area (Å²) < 4.78 is 5.45. The van der Waals surface area contributed by atoms with Crippen molar-refractivity contribution < 1.29 is 4.74 Å². The summed E-state index contributed by atoms with van der Waals surface area (Å²) in [5.41, 5.74) is 1.39. The molecule has 0 saturated heterocycles. The molecule has 0 atom stereocenters. The molecule has 4 nitrogen and oxygen atoms in total. The third-order valence-corrected chi connectivity index (χ3v) is 2.66. The maximum atomic E-state index is 8.75. The van der Waals surface area contributed by atoms with Crippen LogP contribution >= 0.6 is 11.6 Å². The first-order chi connectivity index (χ1) is 8.63. The van der Waals surface area contributed by atoms with Crippen LogP contribution in [0, 0.1) is 11.3 Å². The molecule has 0 unspecified atom stereocenters. The zero-order valence-corrected chi connectivity index (χ0v) is 11.5. The number of hydrogen-bond donors (Lipinski definition) is 1. The lowest BCUT2D eigenvalue weighted by molar-refractivity contribution is 0.126. The minimum Gasteiger partial charge on any atom is -0.383 e. The average Bonchev–Trinajstić information content (AvgIpc) is 2.33. The van der Waals surface area contributed by atoms with E-state index in [4.69, 9.17) is 21.6 Å². The van der Waals surface area contributed by atoms with Gasteiger partial charge in [0.25, 0.3) is 0 Å². The highest BCUT2D eigenvalue weighted by molar-refractivity contribution is 6.32. The Labute approximate surface area is 113 Å². The van der Waals surface area contributed by atoms with Gasteiger partial charge in [-0.3, -0.25) is 0 Å². The molecular weight excluding hydrogens is 250 g/mol. The molecular formula is C13H18ClN3O. The van der Waals surface area contributed by atoms with Crippen LogP contribution < -0.4 is 5.32 Å². The van der Waals surface area contributed by atoms with Crippen molar-refractivity contribution in [1.82, 2.24) is 4.90 Å². The van der Waals surface area contributed by atoms with Crippen molar-refractivity contribution in [1.29, 1.82) is 5.26 Å². The Bertz CT molecular complexity index is 415. The number of nitrogens with one attached hydrogen (secondary N) is 1. The van der Waals surface area contributed by atoms with Gasteiger partial charge in [-0.05, 0) is 32.3 Å². The number of nitriles is 1. The molecule has 0 fully saturated rings. The van der Waals surface area contributed by atoms with Crippen LogP contribution in [0.1, 0.15) is 5.56 Å². The Morgan fingerprint density at radius 3 is 2.78 bits per heavy atom. The van der Waals surface area contributed by atoms with Crippen molar-refractivity contribution in [3.05, 3.63) is 28.8 Å². The first-order valence-electron chi connectivity index (χ1n) is 5.79. The van der Waals surface area contributed by atoms with E-state index in [2.05, 4.69) is 10.2 Å². The molecule has 0 bridgehead atoms. The highest BCUT2D eigenvalue weighted by Crippen LogP contribution is 2.19. The summed E-state index contributed by atoms with van der Waals surface area (Å²) in [4.78, 5) is 2.08. The predicted molar refractivity (Wildman–Crippen MR) is 74.0 cm³/mol. The summed E-state index contributed by atoms with van der Waals surface area (Å²) in [7, 11) is 4.03. The van der Waals surface area contributed by atoms with Crippen molar-refractivity contribution in [3.63, 3.8) is 0 Å². The molecule has 0 heterocycles. The smallest absolute Gasteiger partial charge is 0.101 e. The summed E-state index contributed by atoms with van der Waals surface area (Å²) in [6.07, 6.45) is 0. The third kappa shape index (κ3) is 5.37. The van der Waals surface area contributed by atoms with E-state index in [0.29, 0.717) is 17.2 Å². The van der Waals surface area contributed by atoms with Crippen LogP contribution in [0.3, 0.4) is 0 Å². The quantitative estimate of drug-likeness (QED) is 0.770. The van der Waals surface area contributed by atoms with Crippen molar-refractivity contribution in [2.75, 3.05) is 45.7 Å². The van der Waals surface area contributed by atoms with Gasteiger partial charge in [-0.15, -0.1) is 0 Å². The minimum atomic E-state index is 0.469. The Balaban J connectivity index is 2.24. The largest absolute Gasteiger partial charge is 0.383 e. The number of rotatable bonds is 7. The van der Waals surface area contributed by atoms with Gasteiger partial charge in [-0.2, -0.15) is 5.26 Å². The van der Waals surface area contributed by atoms with Gasteiger partial charge in [0.15, 0.2) is 0 Å². The van der Waals surface area contributed by atoms with Crippen LogP contribution in [0.25, 0.3) is 0 Å². The van der Waals surface area contributed by atoms with Crippen molar-refractivity contribution in [3.8, 4) is 6.07 Å². The summed E-state index contributed by atoms with van der Waals surface area (Å²) in [5.74, 6) is 0. The molecule has 1 N–H and O–H groups in total. The van der Waals surface area contributed by atoms with E-state index >= 15 is 0 Å². The van der Waals surface area contributed by atoms with Gasteiger partial charge < -0.3 is 15.0 Å². The molecule has 1 rings (SSSR count). The second-order valence-corrected chi connectivity index (χ2v) is 4.56. The Kier molecular flexibility index (Phi) is 6.51. The van der Waals surface area contributed by atoms with Crippen LogP contribution in [0.15, 0.2) is 18.2 Å². The molecule has 18 heavy (non-hydrogen) atoms. The molecule has 1 aromatic carbocycles. The highest BCUT2D eigenvalue weighted by Gasteiger charge is 2.00. The second kappa shape index (κ2) is 7.93. The molecule has 0 aliphatic carbocycles. The molecule has 1 aromatic rings. The molecule has 0 saturated carbocycles. The van der Waals surface area contributed by atoms with Crippen molar-refractivity contribution in [2.45, 2.75) is 0 Å². The Morgan fingerprint density at radius 2 is 2.17 bits per heavy atom. The van der Waals surface area contributed by atoms with Crippen LogP contribution in [0.4, 0.5) is 5.69 Å². The first-order valence-corrected chi connectivity index (χ1v) is 6.17. The number of hydrogen-bond acceptors (Lipinski definition) is 4. The van der Waals surface area contributed by atoms with Gasteiger partial charge in [-0.1, -0.05) is 11.6 Å². The average molecular weight is 268 g/mol. The second-order valence-electron chi connectivity index (χ2n) is 4.15. The standard InChI is InChI=1S/C13H18ClN3O/c1-17(2)6-8-18-7-5-16-12-4-3-11(10-15)13(14)9-12/h3-4,9,16H,5-8H2,1-2H3. The predicted octanol–water partition coefficient (Wildman–Crippen LogP) is 2.20. The first kappa shape index (κ1) is 14.8. The van der Waals surface area contributed by atoms with Crippen LogP contribution in [-0.2, 0) is 4.74 Å². The summed E-state index contributed by atoms with van der Waals surface area (Å²) in [5, 5.41) is 12.4. The molecule has 0 aliphatic heterocycles. The number of halogens is 1. The normalized spacial score (nSPS) is 10.4. The lowest BCUT2D eigenvalue weighted by atomic mass is 10.2. The van der Waals surface area contributed by atoms with E-state index in [1.807, 2.05) is 26.2 Å². The molecule has 5 heteroatoms. The van der Waals surface area contributed by atoms with Gasteiger partial charge >= 0.3 is 0 Å². The fourth-order valence-corrected chi connectivity index (χ4v) is 1.56. The van der Waals surface area contributed by atoms with Gasteiger partial charge in [-0.25, -0.2) is 0 Å². The van der Waals surface area contributed by atoms with Gasteiger partial charge in [0.1, 0.15) is 6.07 Å². The molecule has 0 amide bonds. The third-order valence-electron chi connectivity index (χ3n) is 2.35. The highest BCUT2D eigenvalue weighted by atomic mass is 35.5. The lowest BCUT2D eigenvalue weighted by Crippen LogP contribution is -2.20. The SMILES string of the molecule is CN(C)CCOCCNc1ccc(C#N)c(Cl)c1. The van der Waals surface area contributed by atoms with E-state index in [0.717, 1.165) is 25.4 Å². The Hall–Kier alpha value is -1.28. The molecule has 0 radical (unpaired) electrons. The molecule has 0 spiro atoms. The lowest BCUT2D eigenvalue weighted by Gasteiger charge is -2.11. The number of anilines is 1. The summed E-state index contributed by atoms with van der Waals surface area (Å²) in [6.45, 7) is 3.01. The number of nitrogens with zero attached hydrogens (tertiary/aromatic N) is 2. The Morgan fingerprint density at radius 1 is 1.39 bits per heavy atom. The van der Waals surface area contributed by atoms with E-state index in [1.54, 1.807) is 12.1 Å². The van der Waals surface area contributed by atoms with E-state index in [-0.39, 0.29) is 0 Å². The van der Waals surface area contributed by atoms with Crippen molar-refractivity contribution in [2.24, 2.45) is 0 Å². The zero-order valence-electron chi connectivity index (χ0n) is 10.7. The minimum absolute atomic E-state index is 0.469. The van der Waals surface area contributed by atoms with Crippen LogP contribution in [-0.4, -0.2) is 45.3 Å². The molecule has 0 aliphatic rings. The fraction of sp³-hybridized carbons (Fsp3) is 0.462. The number of ether oxygens (including phenoxy) is 1. The van der Waals surface area contributed by atoms with Gasteiger partial charge in [0.05, 0.1) is 23.8 Å². The van der Waals surface area contributed by atoms with Crippen LogP contribution in [0.2, 0.25) is 5.02 Å². The molecule has 98 valence electrons.